The first-order valence-corrected chi connectivity index (χ1v) is 10.0. The maximum absolute atomic E-state index is 8.70. The van der Waals surface area contributed by atoms with Crippen LogP contribution in [0.4, 0.5) is 0 Å². The van der Waals surface area contributed by atoms with Crippen LogP contribution in [0.15, 0.2) is 0 Å². The predicted octanol–water partition coefficient (Wildman–Crippen LogP) is 0.351. The zero-order valence-corrected chi connectivity index (χ0v) is 18.1. The van der Waals surface area contributed by atoms with Crippen LogP contribution in [-0.2, 0) is 4.57 Å². The largest absolute Gasteiger partial charge is 1.00 e. The van der Waals surface area contributed by atoms with Gasteiger partial charge >= 0.3 is 59.6 Å². The van der Waals surface area contributed by atoms with Gasteiger partial charge in [0.15, 0.2) is 0 Å². The molecule has 0 radical (unpaired) electrons. The molecule has 0 aromatic rings. The van der Waals surface area contributed by atoms with Crippen LogP contribution in [0.1, 0.15) is 54.8 Å². The first-order valence-electron chi connectivity index (χ1n) is 6.57. The molecular formula is C12H33KO4PS+. The van der Waals surface area contributed by atoms with E-state index in [1.165, 1.54) is 48.7 Å². The fourth-order valence-corrected chi connectivity index (χ4v) is 7.03. The zero-order valence-electron chi connectivity index (χ0n) is 14.3. The van der Waals surface area contributed by atoms with E-state index < -0.39 is 8.25 Å². The van der Waals surface area contributed by atoms with Crippen molar-refractivity contribution >= 4 is 18.3 Å². The van der Waals surface area contributed by atoms with Crippen LogP contribution in [0, 0.1) is 0 Å². The van der Waals surface area contributed by atoms with Crippen molar-refractivity contribution in [2.24, 2.45) is 0 Å². The molecule has 7 heteroatoms. The van der Waals surface area contributed by atoms with Gasteiger partial charge in [0.25, 0.3) is 0 Å². The normalized spacial score (nSPS) is 10.4. The molecule has 0 aliphatic carbocycles. The average Bonchev–Trinajstić information content (AvgIpc) is 2.18. The molecule has 0 aromatic heterocycles. The summed E-state index contributed by atoms with van der Waals surface area (Å²) >= 11 is 0. The summed E-state index contributed by atoms with van der Waals surface area (Å²) in [7, 11) is -3.07. The zero-order chi connectivity index (χ0) is 13.7. The van der Waals surface area contributed by atoms with Crippen molar-refractivity contribution in [3.8, 4) is 0 Å². The molecule has 4 N–H and O–H groups in total. The van der Waals surface area contributed by atoms with E-state index >= 15 is 0 Å². The van der Waals surface area contributed by atoms with Gasteiger partial charge in [0.05, 0.1) is 0 Å². The third kappa shape index (κ3) is 20.0. The molecule has 0 aliphatic rings. The van der Waals surface area contributed by atoms with Crippen LogP contribution in [0.5, 0.6) is 0 Å². The maximum atomic E-state index is 8.70. The Morgan fingerprint density at radius 2 is 1.00 bits per heavy atom. The van der Waals surface area contributed by atoms with E-state index in [-0.39, 0.29) is 68.3 Å². The third-order valence-corrected chi connectivity index (χ3v) is 7.65. The fraction of sp³-hybridized carbons (Fsp3) is 1.00. The minimum Gasteiger partial charge on any atom is -1.00 e. The van der Waals surface area contributed by atoms with Gasteiger partial charge in [0.1, 0.15) is 0 Å². The Balaban J connectivity index is -0.0000000951. The van der Waals surface area contributed by atoms with Crippen LogP contribution >= 0.6 is 18.3 Å². The summed E-state index contributed by atoms with van der Waals surface area (Å²) in [6.07, 6.45) is 5.59. The van der Waals surface area contributed by atoms with Gasteiger partial charge in [0.2, 0.25) is 0 Å². The molecule has 0 bridgehead atoms. The molecule has 116 valence electrons. The predicted molar refractivity (Wildman–Crippen MR) is 85.0 cm³/mol. The summed E-state index contributed by atoms with van der Waals surface area (Å²) in [5, 5.41) is 0. The Morgan fingerprint density at radius 3 is 1.11 bits per heavy atom. The van der Waals surface area contributed by atoms with Gasteiger partial charge in [-0.05, 0) is 48.7 Å². The van der Waals surface area contributed by atoms with Gasteiger partial charge < -0.3 is 6.90 Å². The Hall–Kier alpha value is 1.97. The first-order chi connectivity index (χ1) is 7.97. The van der Waals surface area contributed by atoms with Gasteiger partial charge in [0, 0.05) is 4.57 Å². The van der Waals surface area contributed by atoms with Crippen LogP contribution in [0.2, 0.25) is 0 Å². The molecule has 0 spiro atoms. The Morgan fingerprint density at radius 1 is 0.842 bits per heavy atom. The van der Waals surface area contributed by atoms with Crippen LogP contribution < -0.4 is 51.4 Å². The van der Waals surface area contributed by atoms with Crippen molar-refractivity contribution in [3.63, 3.8) is 0 Å². The molecule has 0 heterocycles. The van der Waals surface area contributed by atoms with E-state index in [1.807, 2.05) is 0 Å². The molecule has 0 amide bonds. The van der Waals surface area contributed by atoms with E-state index in [2.05, 4.69) is 27.7 Å². The third-order valence-electron chi connectivity index (χ3n) is 2.55. The first kappa shape index (κ1) is 29.0. The van der Waals surface area contributed by atoms with Crippen molar-refractivity contribution in [2.45, 2.75) is 53.4 Å². The Kier molecular flexibility index (Phi) is 30.5. The second-order valence-corrected chi connectivity index (χ2v) is 8.88. The molecule has 0 atom stereocenters. The number of hydrogen-bond donors (Lipinski definition) is 2. The summed E-state index contributed by atoms with van der Waals surface area (Å²) in [5.41, 5.74) is 0. The average molecular weight is 344 g/mol. The molecule has 4 nitrogen and oxygen atoms in total. The van der Waals surface area contributed by atoms with E-state index in [4.69, 9.17) is 14.4 Å². The molecule has 0 unspecified atom stereocenters. The molecule has 0 aliphatic heterocycles. The van der Waals surface area contributed by atoms with E-state index in [9.17, 15) is 0 Å². The molecule has 0 saturated carbocycles. The van der Waals surface area contributed by atoms with Gasteiger partial charge in [-0.1, -0.05) is 27.7 Å². The van der Waals surface area contributed by atoms with Crippen molar-refractivity contribution in [1.29, 1.82) is 0 Å². The second kappa shape index (κ2) is 20.0. The summed E-state index contributed by atoms with van der Waals surface area (Å²) in [6.45, 7) is 9.40. The number of rotatable bonds is 8. The molecule has 0 aromatic carbocycles. The van der Waals surface area contributed by atoms with Crippen LogP contribution in [0.3, 0.4) is 0 Å². The number of hydrogen-bond acceptors (Lipinski definition) is 1. The fourth-order valence-electron chi connectivity index (χ4n) is 2.34. The van der Waals surface area contributed by atoms with E-state index in [1.54, 1.807) is 0 Å². The monoisotopic (exact) mass is 343 g/mol. The molecule has 0 fully saturated rings. The molecule has 0 saturated heterocycles. The van der Waals surface area contributed by atoms with Gasteiger partial charge in [-0.2, -0.15) is 0 Å². The van der Waals surface area contributed by atoms with Crippen molar-refractivity contribution in [2.75, 3.05) is 23.0 Å². The Bertz CT molecular complexity index is 169. The minimum atomic E-state index is -2.87. The van der Waals surface area contributed by atoms with E-state index in [0.29, 0.717) is 0 Å². The minimum absolute atomic E-state index is 0. The second-order valence-electron chi connectivity index (χ2n) is 4.29. The quantitative estimate of drug-likeness (QED) is 0.492. The maximum Gasteiger partial charge on any atom is 1.00 e. The SMILES string of the molecule is CCCS(CCC)(CCC)CCC.O.O=[P+](O)O.[H-].[K+]. The van der Waals surface area contributed by atoms with E-state index in [0.717, 1.165) is 0 Å². The molecule has 19 heavy (non-hydrogen) atoms. The van der Waals surface area contributed by atoms with Gasteiger partial charge in [-0.25, -0.2) is 10.0 Å². The smallest absolute Gasteiger partial charge is 1.00 e. The summed E-state index contributed by atoms with van der Waals surface area (Å²) in [4.78, 5) is 14.2. The van der Waals surface area contributed by atoms with Crippen LogP contribution in [-0.4, -0.2) is 38.3 Å². The van der Waals surface area contributed by atoms with Crippen LogP contribution in [0.25, 0.3) is 0 Å². The summed E-state index contributed by atoms with van der Waals surface area (Å²) < 4.78 is 8.70. The van der Waals surface area contributed by atoms with Gasteiger partial charge in [-0.15, -0.1) is 9.79 Å². The standard InChI is InChI=1S/C12H28S.K.HO3P.H2O.H/c1-5-9-13(10-6-2,11-7-3)12-8-4;;1-4(2)3;;/h5-12H2,1-4H3;;(H-,1,2,3);1H2;/q;+1;;;-1/p+1. The summed E-state index contributed by atoms with van der Waals surface area (Å²) in [5.74, 6) is 6.12. The van der Waals surface area contributed by atoms with Gasteiger partial charge in [-0.3, -0.25) is 0 Å². The van der Waals surface area contributed by atoms with Crippen molar-refractivity contribution < 1.29 is 72.6 Å². The topological polar surface area (TPSA) is 89.0 Å². The van der Waals surface area contributed by atoms with Crippen molar-refractivity contribution in [3.05, 3.63) is 0 Å². The molecule has 0 rings (SSSR count). The molecular weight excluding hydrogens is 310 g/mol. The Labute approximate surface area is 165 Å². The summed E-state index contributed by atoms with van der Waals surface area (Å²) in [6, 6.07) is 0. The van der Waals surface area contributed by atoms with Crippen molar-refractivity contribution in [1.82, 2.24) is 0 Å².